The van der Waals surface area contributed by atoms with E-state index < -0.39 is 0 Å². The third kappa shape index (κ3) is 5.92. The predicted octanol–water partition coefficient (Wildman–Crippen LogP) is 7.60. The number of Topliss-reactive ketones (excluding diaryl/α,β-unsaturated/α-hetero) is 1. The summed E-state index contributed by atoms with van der Waals surface area (Å²) in [4.78, 5) is 13.7. The van der Waals surface area contributed by atoms with Crippen molar-refractivity contribution in [2.24, 2.45) is 11.7 Å². The molecule has 3 heteroatoms. The van der Waals surface area contributed by atoms with E-state index in [9.17, 15) is 4.79 Å². The molecule has 0 saturated heterocycles. The third-order valence-corrected chi connectivity index (χ3v) is 7.89. The number of benzene rings is 1. The normalized spacial score (nSPS) is 19.9. The highest BCUT2D eigenvalue weighted by Gasteiger charge is 2.31. The Morgan fingerprint density at radius 2 is 1.93 bits per heavy atom. The Morgan fingerprint density at radius 1 is 1.17 bits per heavy atom. The van der Waals surface area contributed by atoms with Crippen LogP contribution in [-0.2, 0) is 6.42 Å². The van der Waals surface area contributed by atoms with Gasteiger partial charge in [-0.15, -0.1) is 11.3 Å². The second-order valence-electron chi connectivity index (χ2n) is 8.89. The quantitative estimate of drug-likeness (QED) is 0.230. The number of unbranched alkanes of at least 4 members (excludes halogenated alkanes) is 2. The summed E-state index contributed by atoms with van der Waals surface area (Å²) >= 11 is 1.65. The van der Waals surface area contributed by atoms with Crippen molar-refractivity contribution in [3.8, 4) is 0 Å². The number of nitrogens with two attached hydrogens (primary N) is 1. The van der Waals surface area contributed by atoms with Gasteiger partial charge in [-0.2, -0.15) is 0 Å². The first kappa shape index (κ1) is 23.0. The lowest BCUT2D eigenvalue weighted by Crippen LogP contribution is -2.11. The number of thiophene rings is 1. The van der Waals surface area contributed by atoms with Gasteiger partial charge in [-0.05, 0) is 80.5 Å². The lowest BCUT2D eigenvalue weighted by molar-refractivity contribution is 0.102. The van der Waals surface area contributed by atoms with Crippen LogP contribution in [0.25, 0.3) is 0 Å². The van der Waals surface area contributed by atoms with Crippen LogP contribution in [0.5, 0.6) is 0 Å². The van der Waals surface area contributed by atoms with Gasteiger partial charge < -0.3 is 5.73 Å². The Kier molecular flexibility index (Phi) is 8.47. The first-order chi connectivity index (χ1) is 14.5. The van der Waals surface area contributed by atoms with Crippen LogP contribution in [0.1, 0.15) is 103 Å². The van der Waals surface area contributed by atoms with Crippen LogP contribution in [-0.4, -0.2) is 5.78 Å². The Balaban J connectivity index is 1.56. The van der Waals surface area contributed by atoms with Crippen molar-refractivity contribution in [2.45, 2.75) is 83.6 Å². The zero-order chi connectivity index (χ0) is 21.5. The fourth-order valence-electron chi connectivity index (χ4n) is 4.79. The van der Waals surface area contributed by atoms with E-state index >= 15 is 0 Å². The number of allylic oxidation sites excluding steroid dienone is 1. The van der Waals surface area contributed by atoms with Gasteiger partial charge in [0.25, 0.3) is 0 Å². The molecule has 1 aliphatic rings. The minimum atomic E-state index is 0.158. The van der Waals surface area contributed by atoms with Crippen molar-refractivity contribution in [1.29, 1.82) is 0 Å². The number of ketones is 1. The van der Waals surface area contributed by atoms with Crippen molar-refractivity contribution in [3.63, 3.8) is 0 Å². The number of hydrogen-bond donors (Lipinski definition) is 1. The van der Waals surface area contributed by atoms with Gasteiger partial charge in [0.15, 0.2) is 5.78 Å². The summed E-state index contributed by atoms with van der Waals surface area (Å²) in [5.74, 6) is 1.32. The second kappa shape index (κ2) is 11.1. The van der Waals surface area contributed by atoms with E-state index in [1.807, 2.05) is 6.07 Å². The fourth-order valence-corrected chi connectivity index (χ4v) is 5.73. The first-order valence-electron chi connectivity index (χ1n) is 11.6. The highest BCUT2D eigenvalue weighted by molar-refractivity contribution is 7.14. The van der Waals surface area contributed by atoms with Crippen molar-refractivity contribution >= 4 is 17.1 Å². The van der Waals surface area contributed by atoms with E-state index in [0.717, 1.165) is 30.6 Å². The van der Waals surface area contributed by atoms with Gasteiger partial charge in [0.05, 0.1) is 4.88 Å². The fraction of sp³-hybridized carbons (Fsp3) is 0.519. The number of carbonyl (C=O) groups excluding carboxylic acids is 1. The highest BCUT2D eigenvalue weighted by Crippen LogP contribution is 2.45. The molecule has 1 aromatic heterocycles. The van der Waals surface area contributed by atoms with Crippen molar-refractivity contribution in [3.05, 3.63) is 69.4 Å². The maximum absolute atomic E-state index is 11.5. The van der Waals surface area contributed by atoms with E-state index in [-0.39, 0.29) is 11.8 Å². The molecule has 0 aliphatic heterocycles. The maximum atomic E-state index is 11.5. The second-order valence-corrected chi connectivity index (χ2v) is 10.1. The Morgan fingerprint density at radius 3 is 2.60 bits per heavy atom. The lowest BCUT2D eigenvalue weighted by atomic mass is 9.83. The molecule has 0 bridgehead atoms. The molecule has 1 fully saturated rings. The van der Waals surface area contributed by atoms with Gasteiger partial charge >= 0.3 is 0 Å². The number of rotatable bonds is 11. The molecule has 1 saturated carbocycles. The molecular weight excluding hydrogens is 386 g/mol. The largest absolute Gasteiger partial charge is 0.324 e. The molecule has 162 valence electrons. The summed E-state index contributed by atoms with van der Waals surface area (Å²) < 4.78 is 0. The molecule has 0 radical (unpaired) electrons. The minimum Gasteiger partial charge on any atom is -0.324 e. The van der Waals surface area contributed by atoms with E-state index in [2.05, 4.69) is 43.8 Å². The molecule has 2 nitrogen and oxygen atoms in total. The average molecular weight is 424 g/mol. The van der Waals surface area contributed by atoms with Crippen LogP contribution < -0.4 is 5.73 Å². The van der Waals surface area contributed by atoms with Crippen LogP contribution >= 0.6 is 11.3 Å². The molecule has 1 aliphatic carbocycles. The van der Waals surface area contributed by atoms with Crippen LogP contribution in [0.2, 0.25) is 0 Å². The summed E-state index contributed by atoms with van der Waals surface area (Å²) in [5, 5.41) is 0. The summed E-state index contributed by atoms with van der Waals surface area (Å²) in [6, 6.07) is 13.4. The minimum absolute atomic E-state index is 0.158. The number of carbonyl (C=O) groups is 1. The summed E-state index contributed by atoms with van der Waals surface area (Å²) in [7, 11) is 0. The van der Waals surface area contributed by atoms with Gasteiger partial charge in [0, 0.05) is 10.9 Å². The lowest BCUT2D eigenvalue weighted by Gasteiger charge is -2.22. The third-order valence-electron chi connectivity index (χ3n) is 6.64. The van der Waals surface area contributed by atoms with Crippen molar-refractivity contribution in [2.75, 3.05) is 0 Å². The Bertz CT molecular complexity index is 835. The van der Waals surface area contributed by atoms with Gasteiger partial charge in [0.2, 0.25) is 0 Å². The molecule has 1 heterocycles. The molecule has 2 N–H and O–H groups in total. The molecular formula is C27H37NOS. The molecule has 30 heavy (non-hydrogen) atoms. The summed E-state index contributed by atoms with van der Waals surface area (Å²) in [6.45, 7) is 8.27. The Hall–Kier alpha value is -1.71. The first-order valence-corrected chi connectivity index (χ1v) is 12.4. The molecule has 0 amide bonds. The van der Waals surface area contributed by atoms with Crippen LogP contribution in [0.3, 0.4) is 0 Å². The van der Waals surface area contributed by atoms with Gasteiger partial charge in [0.1, 0.15) is 0 Å². The summed E-state index contributed by atoms with van der Waals surface area (Å²) in [5.41, 5.74) is 10.5. The standard InChI is InChI=1S/C27H37NOS/c1-4-5-6-10-26(28)22-14-12-21(13-15-22)25-17-11-19(2)24(25)9-7-8-23-16-18-27(30-23)20(3)29/h12-16,18,24-26H,2,4-11,17,28H2,1,3H3/t24-,25?,26?/m0/s1. The Labute approximate surface area is 186 Å². The van der Waals surface area contributed by atoms with E-state index in [4.69, 9.17) is 5.73 Å². The van der Waals surface area contributed by atoms with Crippen molar-refractivity contribution in [1.82, 2.24) is 0 Å². The van der Waals surface area contributed by atoms with E-state index in [1.165, 1.54) is 53.7 Å². The number of aryl methyl sites for hydroxylation is 1. The predicted molar refractivity (Wildman–Crippen MR) is 129 cm³/mol. The highest BCUT2D eigenvalue weighted by atomic mass is 32.1. The van der Waals surface area contributed by atoms with Crippen LogP contribution in [0.15, 0.2) is 48.6 Å². The van der Waals surface area contributed by atoms with Crippen molar-refractivity contribution < 1.29 is 4.79 Å². The summed E-state index contributed by atoms with van der Waals surface area (Å²) in [6.07, 6.45) is 10.5. The molecule has 2 unspecified atom stereocenters. The monoisotopic (exact) mass is 423 g/mol. The molecule has 3 rings (SSSR count). The maximum Gasteiger partial charge on any atom is 0.169 e. The van der Waals surface area contributed by atoms with Gasteiger partial charge in [-0.3, -0.25) is 4.79 Å². The SMILES string of the molecule is C=C1CCC(c2ccc(C(N)CCCCC)cc2)[C@H]1CCCc1ccc(C(C)=O)s1. The van der Waals surface area contributed by atoms with Gasteiger partial charge in [-0.1, -0.05) is 62.6 Å². The zero-order valence-corrected chi connectivity index (χ0v) is 19.5. The molecule has 1 aromatic carbocycles. The molecule has 3 atom stereocenters. The smallest absolute Gasteiger partial charge is 0.169 e. The zero-order valence-electron chi connectivity index (χ0n) is 18.7. The average Bonchev–Trinajstić information content (AvgIpc) is 3.36. The molecule has 0 spiro atoms. The molecule has 2 aromatic rings. The van der Waals surface area contributed by atoms with Crippen LogP contribution in [0.4, 0.5) is 0 Å². The number of hydrogen-bond acceptors (Lipinski definition) is 3. The van der Waals surface area contributed by atoms with E-state index in [0.29, 0.717) is 11.8 Å². The topological polar surface area (TPSA) is 43.1 Å². The van der Waals surface area contributed by atoms with Crippen LogP contribution in [0, 0.1) is 5.92 Å². The van der Waals surface area contributed by atoms with E-state index in [1.54, 1.807) is 18.3 Å². The van der Waals surface area contributed by atoms with Gasteiger partial charge in [-0.25, -0.2) is 0 Å².